The molecule has 2 aromatic heterocycles. The van der Waals surface area contributed by atoms with E-state index < -0.39 is 0 Å². The largest absolute Gasteiger partial charge is 0.307 e. The van der Waals surface area contributed by atoms with Gasteiger partial charge in [0.25, 0.3) is 0 Å². The maximum Gasteiger partial charge on any atom is 0.166 e. The first-order valence-electron chi connectivity index (χ1n) is 5.48. The highest BCUT2D eigenvalue weighted by atomic mass is 15.1. The number of aromatic nitrogens is 2. The van der Waals surface area contributed by atoms with Crippen LogP contribution >= 0.6 is 0 Å². The molecule has 0 amide bonds. The van der Waals surface area contributed by atoms with E-state index in [0.717, 1.165) is 17.9 Å². The number of hydrogen-bond donors (Lipinski definition) is 1. The lowest BCUT2D eigenvalue weighted by atomic mass is 10.3. The first-order chi connectivity index (χ1) is 7.88. The van der Waals surface area contributed by atoms with Gasteiger partial charge in [0.15, 0.2) is 5.69 Å². The number of imidazole rings is 1. The Bertz CT molecular complexity index is 560. The van der Waals surface area contributed by atoms with Crippen LogP contribution in [-0.2, 0) is 6.54 Å². The van der Waals surface area contributed by atoms with Crippen molar-refractivity contribution in [3.8, 4) is 6.07 Å². The maximum atomic E-state index is 8.99. The Balaban J connectivity index is 1.99. The van der Waals surface area contributed by atoms with Gasteiger partial charge in [-0.15, -0.1) is 0 Å². The maximum absolute atomic E-state index is 8.99. The normalized spacial score (nSPS) is 15.2. The molecule has 0 aromatic carbocycles. The highest BCUT2D eigenvalue weighted by Crippen LogP contribution is 2.19. The summed E-state index contributed by atoms with van der Waals surface area (Å²) < 4.78 is 1.98. The first kappa shape index (κ1) is 9.37. The van der Waals surface area contributed by atoms with E-state index in [-0.39, 0.29) is 0 Å². The second-order valence-corrected chi connectivity index (χ2v) is 4.10. The monoisotopic (exact) mass is 212 g/mol. The fourth-order valence-electron chi connectivity index (χ4n) is 1.83. The zero-order valence-corrected chi connectivity index (χ0v) is 8.85. The third kappa shape index (κ3) is 1.55. The van der Waals surface area contributed by atoms with Crippen LogP contribution in [0.5, 0.6) is 0 Å². The van der Waals surface area contributed by atoms with Gasteiger partial charge in [0.1, 0.15) is 11.9 Å². The number of nitrogens with zero attached hydrogens (tertiary/aromatic N) is 3. The molecule has 4 nitrogen and oxygen atoms in total. The number of fused-ring (bicyclic) bond motifs is 1. The van der Waals surface area contributed by atoms with E-state index in [1.54, 1.807) is 0 Å². The summed E-state index contributed by atoms with van der Waals surface area (Å²) in [5.41, 5.74) is 1.39. The topological polar surface area (TPSA) is 53.1 Å². The molecule has 0 unspecified atom stereocenters. The minimum atomic E-state index is 0.508. The summed E-state index contributed by atoms with van der Waals surface area (Å²) in [6.45, 7) is 0.734. The van der Waals surface area contributed by atoms with Crippen LogP contribution < -0.4 is 5.32 Å². The number of hydrogen-bond acceptors (Lipinski definition) is 3. The van der Waals surface area contributed by atoms with Gasteiger partial charge in [-0.2, -0.15) is 5.26 Å². The average molecular weight is 212 g/mol. The van der Waals surface area contributed by atoms with Gasteiger partial charge in [0, 0.05) is 12.2 Å². The lowest BCUT2D eigenvalue weighted by Crippen LogP contribution is -2.17. The molecule has 1 N–H and O–H groups in total. The van der Waals surface area contributed by atoms with Gasteiger partial charge in [0.05, 0.1) is 12.1 Å². The number of rotatable bonds is 3. The van der Waals surface area contributed by atoms with Crippen LogP contribution in [0.4, 0.5) is 0 Å². The predicted molar refractivity (Wildman–Crippen MR) is 59.8 cm³/mol. The predicted octanol–water partition coefficient (Wildman–Crippen LogP) is 1.46. The van der Waals surface area contributed by atoms with Gasteiger partial charge in [0.2, 0.25) is 0 Å². The molecule has 0 atom stereocenters. The molecule has 80 valence electrons. The number of nitriles is 1. The van der Waals surface area contributed by atoms with Gasteiger partial charge in [-0.05, 0) is 25.0 Å². The highest BCUT2D eigenvalue weighted by Gasteiger charge is 2.21. The SMILES string of the molecule is N#Cc1nc(CNC2CC2)n2ccccc12. The zero-order valence-electron chi connectivity index (χ0n) is 8.85. The Kier molecular flexibility index (Phi) is 2.12. The lowest BCUT2D eigenvalue weighted by Gasteiger charge is -2.01. The fourth-order valence-corrected chi connectivity index (χ4v) is 1.83. The minimum Gasteiger partial charge on any atom is -0.307 e. The van der Waals surface area contributed by atoms with Crippen LogP contribution in [0.25, 0.3) is 5.52 Å². The summed E-state index contributed by atoms with van der Waals surface area (Å²) in [6, 6.07) is 8.59. The smallest absolute Gasteiger partial charge is 0.166 e. The van der Waals surface area contributed by atoms with Crippen molar-refractivity contribution >= 4 is 5.52 Å². The number of nitrogens with one attached hydrogen (secondary N) is 1. The Labute approximate surface area is 93.5 Å². The molecule has 4 heteroatoms. The summed E-state index contributed by atoms with van der Waals surface area (Å²) in [7, 11) is 0. The zero-order chi connectivity index (χ0) is 11.0. The van der Waals surface area contributed by atoms with Crippen molar-refractivity contribution in [3.05, 3.63) is 35.9 Å². The summed E-state index contributed by atoms with van der Waals surface area (Å²) in [6.07, 6.45) is 4.47. The van der Waals surface area contributed by atoms with Gasteiger partial charge < -0.3 is 9.72 Å². The van der Waals surface area contributed by atoms with Crippen molar-refractivity contribution in [3.63, 3.8) is 0 Å². The van der Waals surface area contributed by atoms with E-state index in [1.807, 2.05) is 28.8 Å². The van der Waals surface area contributed by atoms with Crippen LogP contribution in [0.3, 0.4) is 0 Å². The van der Waals surface area contributed by atoms with Crippen molar-refractivity contribution in [1.82, 2.24) is 14.7 Å². The van der Waals surface area contributed by atoms with E-state index >= 15 is 0 Å². The van der Waals surface area contributed by atoms with Crippen molar-refractivity contribution in [1.29, 1.82) is 5.26 Å². The molecule has 16 heavy (non-hydrogen) atoms. The third-order valence-corrected chi connectivity index (χ3v) is 2.85. The standard InChI is InChI=1S/C12H12N4/c13-7-10-11-3-1-2-6-16(11)12(15-10)8-14-9-4-5-9/h1-3,6,9,14H,4-5,8H2. The molecular formula is C12H12N4. The number of pyridine rings is 1. The third-order valence-electron chi connectivity index (χ3n) is 2.85. The molecule has 0 radical (unpaired) electrons. The van der Waals surface area contributed by atoms with E-state index in [2.05, 4.69) is 16.4 Å². The van der Waals surface area contributed by atoms with E-state index in [9.17, 15) is 0 Å². The Morgan fingerprint density at radius 3 is 3.12 bits per heavy atom. The van der Waals surface area contributed by atoms with Crippen LogP contribution in [0, 0.1) is 11.3 Å². The molecule has 1 fully saturated rings. The van der Waals surface area contributed by atoms with Crippen LogP contribution in [0.1, 0.15) is 24.4 Å². The quantitative estimate of drug-likeness (QED) is 0.838. The first-order valence-corrected chi connectivity index (χ1v) is 5.48. The Morgan fingerprint density at radius 1 is 1.50 bits per heavy atom. The van der Waals surface area contributed by atoms with E-state index in [4.69, 9.17) is 5.26 Å². The van der Waals surface area contributed by atoms with Crippen LogP contribution in [0.15, 0.2) is 24.4 Å². The van der Waals surface area contributed by atoms with Gasteiger partial charge in [-0.25, -0.2) is 4.98 Å². The van der Waals surface area contributed by atoms with Crippen LogP contribution in [-0.4, -0.2) is 15.4 Å². The second-order valence-electron chi connectivity index (χ2n) is 4.10. The lowest BCUT2D eigenvalue weighted by molar-refractivity contribution is 0.656. The van der Waals surface area contributed by atoms with Crippen molar-refractivity contribution in [2.75, 3.05) is 0 Å². The molecule has 2 heterocycles. The molecule has 0 bridgehead atoms. The van der Waals surface area contributed by atoms with Gasteiger partial charge >= 0.3 is 0 Å². The summed E-state index contributed by atoms with van der Waals surface area (Å²) >= 11 is 0. The molecular weight excluding hydrogens is 200 g/mol. The molecule has 3 rings (SSSR count). The fraction of sp³-hybridized carbons (Fsp3) is 0.333. The van der Waals surface area contributed by atoms with Crippen molar-refractivity contribution in [2.45, 2.75) is 25.4 Å². The molecule has 0 spiro atoms. The van der Waals surface area contributed by atoms with Gasteiger partial charge in [-0.3, -0.25) is 0 Å². The summed E-state index contributed by atoms with van der Waals surface area (Å²) in [5, 5.41) is 12.4. The molecule has 2 aromatic rings. The highest BCUT2D eigenvalue weighted by molar-refractivity contribution is 5.58. The molecule has 0 saturated heterocycles. The van der Waals surface area contributed by atoms with Crippen molar-refractivity contribution in [2.24, 2.45) is 0 Å². The molecule has 1 aliphatic rings. The molecule has 0 aliphatic heterocycles. The average Bonchev–Trinajstić information content (AvgIpc) is 3.08. The molecule has 1 aliphatic carbocycles. The van der Waals surface area contributed by atoms with Crippen molar-refractivity contribution < 1.29 is 0 Å². The second kappa shape index (κ2) is 3.62. The van der Waals surface area contributed by atoms with E-state index in [1.165, 1.54) is 12.8 Å². The Morgan fingerprint density at radius 2 is 2.38 bits per heavy atom. The summed E-state index contributed by atoms with van der Waals surface area (Å²) in [4.78, 5) is 4.35. The molecule has 1 saturated carbocycles. The Hall–Kier alpha value is -1.86. The van der Waals surface area contributed by atoms with E-state index in [0.29, 0.717) is 11.7 Å². The summed E-state index contributed by atoms with van der Waals surface area (Å²) in [5.74, 6) is 0.916. The van der Waals surface area contributed by atoms with Crippen LogP contribution in [0.2, 0.25) is 0 Å². The minimum absolute atomic E-state index is 0.508. The van der Waals surface area contributed by atoms with Gasteiger partial charge in [-0.1, -0.05) is 6.07 Å².